The van der Waals surface area contributed by atoms with Crippen molar-refractivity contribution in [2.24, 2.45) is 10.4 Å². The summed E-state index contributed by atoms with van der Waals surface area (Å²) >= 11 is 1.86. The highest BCUT2D eigenvalue weighted by Crippen LogP contribution is 2.48. The zero-order valence-electron chi connectivity index (χ0n) is 14.7. The molecule has 1 aliphatic rings. The third-order valence-electron chi connectivity index (χ3n) is 4.20. The minimum atomic E-state index is 0. The molecule has 136 valence electrons. The molecule has 2 rings (SSSR count). The first-order valence-electron chi connectivity index (χ1n) is 8.48. The second-order valence-corrected chi connectivity index (χ2v) is 7.13. The quantitative estimate of drug-likeness (QED) is 0.182. The SMILES string of the molecule is CCOCCC1(CNC(=NC)NCCSc2ccccc2)CC1.I. The topological polar surface area (TPSA) is 45.6 Å². The molecule has 0 atom stereocenters. The molecule has 2 N–H and O–H groups in total. The van der Waals surface area contributed by atoms with Crippen molar-refractivity contribution in [1.29, 1.82) is 0 Å². The van der Waals surface area contributed by atoms with Crippen LogP contribution in [0.5, 0.6) is 0 Å². The van der Waals surface area contributed by atoms with E-state index >= 15 is 0 Å². The number of ether oxygens (including phenoxy) is 1. The first-order chi connectivity index (χ1) is 11.3. The van der Waals surface area contributed by atoms with Crippen LogP contribution in [-0.2, 0) is 4.74 Å². The molecule has 0 saturated heterocycles. The fourth-order valence-corrected chi connectivity index (χ4v) is 3.26. The van der Waals surface area contributed by atoms with Gasteiger partial charge in [0.25, 0.3) is 0 Å². The van der Waals surface area contributed by atoms with E-state index in [1.807, 2.05) is 24.9 Å². The third-order valence-corrected chi connectivity index (χ3v) is 5.21. The van der Waals surface area contributed by atoms with Gasteiger partial charge >= 0.3 is 0 Å². The Labute approximate surface area is 167 Å². The second-order valence-electron chi connectivity index (χ2n) is 5.96. The molecule has 1 aliphatic carbocycles. The molecule has 0 radical (unpaired) electrons. The molecule has 0 unspecified atom stereocenters. The molecule has 0 aromatic heterocycles. The van der Waals surface area contributed by atoms with E-state index in [0.29, 0.717) is 5.41 Å². The Kier molecular flexibility index (Phi) is 10.8. The summed E-state index contributed by atoms with van der Waals surface area (Å²) in [5.41, 5.74) is 0.436. The van der Waals surface area contributed by atoms with Gasteiger partial charge < -0.3 is 15.4 Å². The van der Waals surface area contributed by atoms with Crippen LogP contribution in [0, 0.1) is 5.41 Å². The summed E-state index contributed by atoms with van der Waals surface area (Å²) in [5.74, 6) is 1.93. The Morgan fingerprint density at radius 3 is 2.62 bits per heavy atom. The van der Waals surface area contributed by atoms with E-state index in [-0.39, 0.29) is 24.0 Å². The highest BCUT2D eigenvalue weighted by Gasteiger charge is 2.41. The molecule has 0 aliphatic heterocycles. The molecule has 1 saturated carbocycles. The van der Waals surface area contributed by atoms with Gasteiger partial charge in [-0.25, -0.2) is 0 Å². The van der Waals surface area contributed by atoms with E-state index < -0.39 is 0 Å². The van der Waals surface area contributed by atoms with Crippen molar-refractivity contribution < 1.29 is 4.74 Å². The van der Waals surface area contributed by atoms with Crippen molar-refractivity contribution in [3.63, 3.8) is 0 Å². The van der Waals surface area contributed by atoms with Gasteiger partial charge in [-0.2, -0.15) is 0 Å². The smallest absolute Gasteiger partial charge is 0.191 e. The molecule has 0 amide bonds. The number of thioether (sulfide) groups is 1. The van der Waals surface area contributed by atoms with Crippen molar-refractivity contribution in [3.8, 4) is 0 Å². The number of hydrogen-bond donors (Lipinski definition) is 2. The van der Waals surface area contributed by atoms with Crippen LogP contribution in [0.25, 0.3) is 0 Å². The summed E-state index contributed by atoms with van der Waals surface area (Å²) in [5, 5.41) is 6.87. The van der Waals surface area contributed by atoms with Gasteiger partial charge in [0.2, 0.25) is 0 Å². The van der Waals surface area contributed by atoms with Gasteiger partial charge in [0.05, 0.1) is 0 Å². The highest BCUT2D eigenvalue weighted by molar-refractivity contribution is 14.0. The van der Waals surface area contributed by atoms with E-state index in [2.05, 4.69) is 46.8 Å². The minimum Gasteiger partial charge on any atom is -0.382 e. The van der Waals surface area contributed by atoms with Crippen LogP contribution >= 0.6 is 35.7 Å². The van der Waals surface area contributed by atoms with Gasteiger partial charge in [-0.3, -0.25) is 4.99 Å². The molecular formula is C18H30IN3OS. The molecule has 1 aromatic carbocycles. The van der Waals surface area contributed by atoms with E-state index in [0.717, 1.165) is 44.4 Å². The number of nitrogens with zero attached hydrogens (tertiary/aromatic N) is 1. The van der Waals surface area contributed by atoms with E-state index in [1.165, 1.54) is 17.7 Å². The van der Waals surface area contributed by atoms with E-state index in [1.54, 1.807) is 0 Å². The summed E-state index contributed by atoms with van der Waals surface area (Å²) in [7, 11) is 1.83. The molecule has 0 spiro atoms. The van der Waals surface area contributed by atoms with E-state index in [9.17, 15) is 0 Å². The number of aliphatic imine (C=N–C) groups is 1. The molecule has 1 fully saturated rings. The first-order valence-corrected chi connectivity index (χ1v) is 9.47. The van der Waals surface area contributed by atoms with Crippen LogP contribution in [0.3, 0.4) is 0 Å². The average Bonchev–Trinajstić information content (AvgIpc) is 3.36. The molecule has 0 bridgehead atoms. The number of halogens is 1. The molecule has 6 heteroatoms. The van der Waals surface area contributed by atoms with Crippen LogP contribution in [0.1, 0.15) is 26.2 Å². The van der Waals surface area contributed by atoms with Crippen molar-refractivity contribution >= 4 is 41.7 Å². The summed E-state index contributed by atoms with van der Waals surface area (Å²) in [6.07, 6.45) is 3.75. The van der Waals surface area contributed by atoms with E-state index in [4.69, 9.17) is 4.74 Å². The number of guanidine groups is 1. The van der Waals surface area contributed by atoms with Gasteiger partial charge in [0.15, 0.2) is 5.96 Å². The normalized spacial score (nSPS) is 15.5. The van der Waals surface area contributed by atoms with Crippen LogP contribution in [0.2, 0.25) is 0 Å². The highest BCUT2D eigenvalue weighted by atomic mass is 127. The number of benzene rings is 1. The lowest BCUT2D eigenvalue weighted by atomic mass is 10.0. The summed E-state index contributed by atoms with van der Waals surface area (Å²) in [6, 6.07) is 10.5. The maximum absolute atomic E-state index is 5.49. The third kappa shape index (κ3) is 8.07. The molecule has 4 nitrogen and oxygen atoms in total. The number of nitrogens with one attached hydrogen (secondary N) is 2. The van der Waals surface area contributed by atoms with Gasteiger partial charge in [-0.15, -0.1) is 35.7 Å². The zero-order valence-corrected chi connectivity index (χ0v) is 17.9. The Balaban J connectivity index is 0.00000288. The average molecular weight is 463 g/mol. The predicted molar refractivity (Wildman–Crippen MR) is 115 cm³/mol. The number of hydrogen-bond acceptors (Lipinski definition) is 3. The summed E-state index contributed by atoms with van der Waals surface area (Å²) in [4.78, 5) is 5.62. The standard InChI is InChI=1S/C18H29N3OS.HI/c1-3-22-13-11-18(9-10-18)15-21-17(19-2)20-12-14-23-16-7-5-4-6-8-16;/h4-8H,3,9-15H2,1-2H3,(H2,19,20,21);1H. The minimum absolute atomic E-state index is 0. The first kappa shape index (κ1) is 21.6. The molecular weight excluding hydrogens is 433 g/mol. The molecule has 24 heavy (non-hydrogen) atoms. The Hall–Kier alpha value is -0.470. The Morgan fingerprint density at radius 2 is 2.00 bits per heavy atom. The van der Waals surface area contributed by atoms with Crippen molar-refractivity contribution in [2.45, 2.75) is 31.1 Å². The lowest BCUT2D eigenvalue weighted by Crippen LogP contribution is -2.41. The fraction of sp³-hybridized carbons (Fsp3) is 0.611. The van der Waals surface area contributed by atoms with Gasteiger partial charge in [-0.05, 0) is 43.7 Å². The zero-order chi connectivity index (χ0) is 16.4. The van der Waals surface area contributed by atoms with Crippen LogP contribution in [0.15, 0.2) is 40.2 Å². The summed E-state index contributed by atoms with van der Waals surface area (Å²) < 4.78 is 5.49. The van der Waals surface area contributed by atoms with Gasteiger partial charge in [-0.1, -0.05) is 18.2 Å². The summed E-state index contributed by atoms with van der Waals surface area (Å²) in [6.45, 7) is 5.64. The Morgan fingerprint density at radius 1 is 1.25 bits per heavy atom. The maximum atomic E-state index is 5.49. The molecule has 0 heterocycles. The van der Waals surface area contributed by atoms with Crippen molar-refractivity contribution in [2.75, 3.05) is 39.1 Å². The van der Waals surface area contributed by atoms with Crippen LogP contribution < -0.4 is 10.6 Å². The monoisotopic (exact) mass is 463 g/mol. The fourth-order valence-electron chi connectivity index (χ4n) is 2.47. The molecule has 1 aromatic rings. The van der Waals surface area contributed by atoms with Crippen molar-refractivity contribution in [1.82, 2.24) is 10.6 Å². The second kappa shape index (κ2) is 12.0. The largest absolute Gasteiger partial charge is 0.382 e. The van der Waals surface area contributed by atoms with Gasteiger partial charge in [0, 0.05) is 44.0 Å². The van der Waals surface area contributed by atoms with Crippen LogP contribution in [-0.4, -0.2) is 45.1 Å². The van der Waals surface area contributed by atoms with Crippen LogP contribution in [0.4, 0.5) is 0 Å². The lowest BCUT2D eigenvalue weighted by molar-refractivity contribution is 0.128. The number of rotatable bonds is 10. The Bertz CT molecular complexity index is 480. The predicted octanol–water partition coefficient (Wildman–Crippen LogP) is 3.77. The van der Waals surface area contributed by atoms with Crippen molar-refractivity contribution in [3.05, 3.63) is 30.3 Å². The lowest BCUT2D eigenvalue weighted by Gasteiger charge is -2.18. The maximum Gasteiger partial charge on any atom is 0.191 e. The van der Waals surface area contributed by atoms with Gasteiger partial charge in [0.1, 0.15) is 0 Å².